The molecule has 0 atom stereocenters. The van der Waals surface area contributed by atoms with Gasteiger partial charge in [0.2, 0.25) is 5.95 Å². The summed E-state index contributed by atoms with van der Waals surface area (Å²) in [7, 11) is 0. The van der Waals surface area contributed by atoms with Crippen LogP contribution < -0.4 is 5.32 Å². The lowest BCUT2D eigenvalue weighted by Gasteiger charge is -2.06. The van der Waals surface area contributed by atoms with Crippen LogP contribution in [-0.2, 0) is 6.42 Å². The summed E-state index contributed by atoms with van der Waals surface area (Å²) in [4.78, 5) is 8.12. The largest absolute Gasteiger partial charge is 0.324 e. The van der Waals surface area contributed by atoms with E-state index in [0.29, 0.717) is 16.3 Å². The highest BCUT2D eigenvalue weighted by molar-refractivity contribution is 6.33. The van der Waals surface area contributed by atoms with Gasteiger partial charge >= 0.3 is 0 Å². The molecule has 0 radical (unpaired) electrons. The average molecular weight is 296 g/mol. The second-order valence-electron chi connectivity index (χ2n) is 4.26. The first-order valence-corrected chi connectivity index (χ1v) is 6.99. The average Bonchev–Trinajstić information content (AvgIpc) is 2.37. The zero-order valence-electron chi connectivity index (χ0n) is 10.7. The second kappa shape index (κ2) is 6.73. The predicted octanol–water partition coefficient (Wildman–Crippen LogP) is 4.87. The van der Waals surface area contributed by atoms with E-state index < -0.39 is 0 Å². The molecule has 1 aromatic heterocycles. The standard InChI is InChI=1S/C14H15Cl2N3/c1-2-3-4-10-5-7-11(8-6-10)17-14-18-12(15)9-13(16)19-14/h5-9H,2-4H2,1H3,(H,17,18,19). The highest BCUT2D eigenvalue weighted by Gasteiger charge is 2.02. The van der Waals surface area contributed by atoms with Gasteiger partial charge in [0.25, 0.3) is 0 Å². The van der Waals surface area contributed by atoms with Crippen LogP contribution in [-0.4, -0.2) is 9.97 Å². The molecule has 100 valence electrons. The Bertz CT molecular complexity index is 521. The van der Waals surface area contributed by atoms with Crippen molar-refractivity contribution in [3.05, 3.63) is 46.2 Å². The quantitative estimate of drug-likeness (QED) is 0.800. The number of rotatable bonds is 5. The summed E-state index contributed by atoms with van der Waals surface area (Å²) < 4.78 is 0. The monoisotopic (exact) mass is 295 g/mol. The Balaban J connectivity index is 2.06. The van der Waals surface area contributed by atoms with Crippen LogP contribution >= 0.6 is 23.2 Å². The number of anilines is 2. The van der Waals surface area contributed by atoms with Gasteiger partial charge in [-0.15, -0.1) is 0 Å². The molecule has 0 unspecified atom stereocenters. The summed E-state index contributed by atoms with van der Waals surface area (Å²) in [5, 5.41) is 3.72. The zero-order valence-corrected chi connectivity index (χ0v) is 12.2. The number of aryl methyl sites for hydroxylation is 1. The molecule has 0 aliphatic rings. The van der Waals surface area contributed by atoms with Gasteiger partial charge in [-0.3, -0.25) is 0 Å². The number of unbranched alkanes of at least 4 members (excludes halogenated alkanes) is 1. The Morgan fingerprint density at radius 2 is 1.68 bits per heavy atom. The van der Waals surface area contributed by atoms with Gasteiger partial charge in [0.1, 0.15) is 10.3 Å². The maximum atomic E-state index is 5.82. The summed E-state index contributed by atoms with van der Waals surface area (Å²) in [6.45, 7) is 2.19. The molecule has 0 fully saturated rings. The van der Waals surface area contributed by atoms with Crippen LogP contribution in [0, 0.1) is 0 Å². The molecule has 0 bridgehead atoms. The number of benzene rings is 1. The minimum absolute atomic E-state index is 0.321. The Labute approximate surface area is 123 Å². The van der Waals surface area contributed by atoms with E-state index in [-0.39, 0.29) is 0 Å². The first kappa shape index (κ1) is 14.1. The molecular weight excluding hydrogens is 281 g/mol. The summed E-state index contributed by atoms with van der Waals surface area (Å²) in [5.74, 6) is 0.402. The fourth-order valence-electron chi connectivity index (χ4n) is 1.71. The van der Waals surface area contributed by atoms with E-state index in [0.717, 1.165) is 12.1 Å². The van der Waals surface area contributed by atoms with E-state index in [2.05, 4.69) is 34.3 Å². The van der Waals surface area contributed by atoms with E-state index in [4.69, 9.17) is 23.2 Å². The van der Waals surface area contributed by atoms with Crippen LogP contribution in [0.2, 0.25) is 10.3 Å². The minimum atomic E-state index is 0.321. The molecule has 2 rings (SSSR count). The molecule has 3 nitrogen and oxygen atoms in total. The number of hydrogen-bond acceptors (Lipinski definition) is 3. The van der Waals surface area contributed by atoms with Crippen molar-refractivity contribution in [2.24, 2.45) is 0 Å². The van der Waals surface area contributed by atoms with Crippen LogP contribution in [0.4, 0.5) is 11.6 Å². The highest BCUT2D eigenvalue weighted by Crippen LogP contribution is 2.19. The Kier molecular flexibility index (Phi) is 5.00. The van der Waals surface area contributed by atoms with Gasteiger partial charge in [-0.25, -0.2) is 9.97 Å². The Morgan fingerprint density at radius 3 is 2.26 bits per heavy atom. The molecule has 1 aromatic carbocycles. The molecular formula is C14H15Cl2N3. The Hall–Kier alpha value is -1.32. The molecule has 19 heavy (non-hydrogen) atoms. The molecule has 0 aliphatic heterocycles. The molecule has 0 amide bonds. The lowest BCUT2D eigenvalue weighted by molar-refractivity contribution is 0.795. The lowest BCUT2D eigenvalue weighted by Crippen LogP contribution is -1.97. The number of hydrogen-bond donors (Lipinski definition) is 1. The smallest absolute Gasteiger partial charge is 0.230 e. The first-order valence-electron chi connectivity index (χ1n) is 6.23. The fourth-order valence-corrected chi connectivity index (χ4v) is 2.13. The molecule has 0 saturated carbocycles. The minimum Gasteiger partial charge on any atom is -0.324 e. The van der Waals surface area contributed by atoms with E-state index in [1.807, 2.05) is 12.1 Å². The van der Waals surface area contributed by atoms with Gasteiger partial charge in [0, 0.05) is 11.8 Å². The van der Waals surface area contributed by atoms with Crippen molar-refractivity contribution in [2.45, 2.75) is 26.2 Å². The third kappa shape index (κ3) is 4.37. The van der Waals surface area contributed by atoms with Crippen molar-refractivity contribution in [3.8, 4) is 0 Å². The number of halogens is 2. The summed E-state index contributed by atoms with van der Waals surface area (Å²) in [6, 6.07) is 9.71. The highest BCUT2D eigenvalue weighted by atomic mass is 35.5. The van der Waals surface area contributed by atoms with Gasteiger partial charge in [-0.2, -0.15) is 0 Å². The number of nitrogens with one attached hydrogen (secondary N) is 1. The van der Waals surface area contributed by atoms with Gasteiger partial charge < -0.3 is 5.32 Å². The Morgan fingerprint density at radius 1 is 1.05 bits per heavy atom. The molecule has 0 saturated heterocycles. The summed E-state index contributed by atoms with van der Waals surface area (Å²) >= 11 is 11.6. The fraction of sp³-hybridized carbons (Fsp3) is 0.286. The van der Waals surface area contributed by atoms with Crippen LogP contribution in [0.3, 0.4) is 0 Å². The molecule has 5 heteroatoms. The third-order valence-corrected chi connectivity index (χ3v) is 3.08. The SMILES string of the molecule is CCCCc1ccc(Nc2nc(Cl)cc(Cl)n2)cc1. The normalized spacial score (nSPS) is 10.5. The van der Waals surface area contributed by atoms with E-state index in [1.54, 1.807) is 0 Å². The van der Waals surface area contributed by atoms with Crippen LogP contribution in [0.5, 0.6) is 0 Å². The van der Waals surface area contributed by atoms with Crippen molar-refractivity contribution >= 4 is 34.8 Å². The summed E-state index contributed by atoms with van der Waals surface area (Å²) in [6.07, 6.45) is 3.52. The predicted molar refractivity (Wildman–Crippen MR) is 80.4 cm³/mol. The number of aromatic nitrogens is 2. The van der Waals surface area contributed by atoms with Crippen molar-refractivity contribution in [1.29, 1.82) is 0 Å². The molecule has 1 heterocycles. The van der Waals surface area contributed by atoms with E-state index >= 15 is 0 Å². The van der Waals surface area contributed by atoms with Gasteiger partial charge in [0.05, 0.1) is 0 Å². The molecule has 0 spiro atoms. The third-order valence-electron chi connectivity index (χ3n) is 2.69. The summed E-state index contributed by atoms with van der Waals surface area (Å²) in [5.41, 5.74) is 2.25. The van der Waals surface area contributed by atoms with Gasteiger partial charge in [0.15, 0.2) is 0 Å². The van der Waals surface area contributed by atoms with Crippen molar-refractivity contribution in [2.75, 3.05) is 5.32 Å². The van der Waals surface area contributed by atoms with Crippen LogP contribution in [0.1, 0.15) is 25.3 Å². The topological polar surface area (TPSA) is 37.8 Å². The van der Waals surface area contributed by atoms with Gasteiger partial charge in [-0.05, 0) is 30.5 Å². The van der Waals surface area contributed by atoms with Crippen LogP contribution in [0.15, 0.2) is 30.3 Å². The zero-order chi connectivity index (χ0) is 13.7. The van der Waals surface area contributed by atoms with Crippen molar-refractivity contribution in [1.82, 2.24) is 9.97 Å². The maximum Gasteiger partial charge on any atom is 0.230 e. The van der Waals surface area contributed by atoms with Gasteiger partial charge in [-0.1, -0.05) is 48.7 Å². The molecule has 0 aliphatic carbocycles. The number of nitrogens with zero attached hydrogens (tertiary/aromatic N) is 2. The van der Waals surface area contributed by atoms with E-state index in [1.165, 1.54) is 24.5 Å². The van der Waals surface area contributed by atoms with Crippen molar-refractivity contribution in [3.63, 3.8) is 0 Å². The molecule has 1 N–H and O–H groups in total. The van der Waals surface area contributed by atoms with Crippen molar-refractivity contribution < 1.29 is 0 Å². The second-order valence-corrected chi connectivity index (χ2v) is 5.04. The first-order chi connectivity index (χ1) is 9.17. The maximum absolute atomic E-state index is 5.82. The molecule has 2 aromatic rings. The lowest BCUT2D eigenvalue weighted by atomic mass is 10.1. The van der Waals surface area contributed by atoms with E-state index in [9.17, 15) is 0 Å². The van der Waals surface area contributed by atoms with Crippen LogP contribution in [0.25, 0.3) is 0 Å².